The molecule has 0 amide bonds. The van der Waals surface area contributed by atoms with E-state index in [1.54, 1.807) is 7.11 Å². The predicted octanol–water partition coefficient (Wildman–Crippen LogP) is 3.39. The van der Waals surface area contributed by atoms with E-state index in [9.17, 15) is 9.59 Å². The number of methoxy groups -OCH3 is 1. The van der Waals surface area contributed by atoms with Crippen molar-refractivity contribution >= 4 is 11.8 Å². The highest BCUT2D eigenvalue weighted by Gasteiger charge is 2.39. The Hall–Kier alpha value is -2.60. The minimum Gasteiger partial charge on any atom is -0.497 e. The zero-order chi connectivity index (χ0) is 20.4. The van der Waals surface area contributed by atoms with E-state index in [0.717, 1.165) is 42.6 Å². The molecule has 4 rings (SSSR count). The summed E-state index contributed by atoms with van der Waals surface area (Å²) in [4.78, 5) is 26.0. The van der Waals surface area contributed by atoms with E-state index >= 15 is 0 Å². The van der Waals surface area contributed by atoms with E-state index < -0.39 is 11.9 Å². The first-order valence-electron chi connectivity index (χ1n) is 10.2. The van der Waals surface area contributed by atoms with Crippen molar-refractivity contribution < 1.29 is 23.8 Å². The molecule has 2 heterocycles. The second kappa shape index (κ2) is 8.41. The Morgan fingerprint density at radius 3 is 2.90 bits per heavy atom. The molecule has 0 aromatic heterocycles. The van der Waals surface area contributed by atoms with Crippen LogP contribution in [0.3, 0.4) is 0 Å². The van der Waals surface area contributed by atoms with Crippen molar-refractivity contribution in [3.8, 4) is 5.75 Å². The highest BCUT2D eigenvalue weighted by molar-refractivity contribution is 6.03. The number of allylic oxidation sites excluding steroid dienone is 3. The minimum absolute atomic E-state index is 0.0437. The maximum atomic E-state index is 13.1. The molecule has 3 aliphatic rings. The summed E-state index contributed by atoms with van der Waals surface area (Å²) in [6, 6.07) is 7.57. The predicted molar refractivity (Wildman–Crippen MR) is 107 cm³/mol. The molecular formula is C23H27NO5. The first kappa shape index (κ1) is 19.7. The van der Waals surface area contributed by atoms with Gasteiger partial charge in [-0.1, -0.05) is 12.1 Å². The molecule has 1 aromatic rings. The maximum Gasteiger partial charge on any atom is 0.336 e. The van der Waals surface area contributed by atoms with Crippen LogP contribution < -0.4 is 10.1 Å². The van der Waals surface area contributed by atoms with E-state index in [1.165, 1.54) is 0 Å². The van der Waals surface area contributed by atoms with Crippen LogP contribution in [0.15, 0.2) is 46.8 Å². The Labute approximate surface area is 170 Å². The molecule has 1 fully saturated rings. The Balaban J connectivity index is 1.70. The lowest BCUT2D eigenvalue weighted by atomic mass is 9.75. The first-order chi connectivity index (χ1) is 14.1. The monoisotopic (exact) mass is 397 g/mol. The van der Waals surface area contributed by atoms with Crippen LogP contribution in [-0.4, -0.2) is 38.2 Å². The number of rotatable bonds is 5. The number of carbonyl (C=O) groups is 2. The summed E-state index contributed by atoms with van der Waals surface area (Å²) in [5.41, 5.74) is 3.69. The largest absolute Gasteiger partial charge is 0.497 e. The van der Waals surface area contributed by atoms with Gasteiger partial charge >= 0.3 is 5.97 Å². The van der Waals surface area contributed by atoms with E-state index in [1.807, 2.05) is 31.2 Å². The van der Waals surface area contributed by atoms with Crippen molar-refractivity contribution in [2.24, 2.45) is 0 Å². The Kier molecular flexibility index (Phi) is 5.72. The van der Waals surface area contributed by atoms with Gasteiger partial charge in [-0.25, -0.2) is 4.79 Å². The number of esters is 1. The van der Waals surface area contributed by atoms with E-state index in [0.29, 0.717) is 29.9 Å². The molecule has 1 aliphatic carbocycles. The molecule has 154 valence electrons. The molecule has 0 spiro atoms. The zero-order valence-corrected chi connectivity index (χ0v) is 17.0. The Bertz CT molecular complexity index is 879. The van der Waals surface area contributed by atoms with Crippen molar-refractivity contribution in [2.75, 3.05) is 20.3 Å². The van der Waals surface area contributed by atoms with Crippen LogP contribution in [0.1, 0.15) is 50.5 Å². The van der Waals surface area contributed by atoms with Gasteiger partial charge in [0.1, 0.15) is 12.4 Å². The summed E-state index contributed by atoms with van der Waals surface area (Å²) in [6.45, 7) is 2.82. The second-order valence-corrected chi connectivity index (χ2v) is 7.78. The number of dihydropyridines is 1. The van der Waals surface area contributed by atoms with Crippen molar-refractivity contribution in [3.05, 3.63) is 52.4 Å². The lowest BCUT2D eigenvalue weighted by Crippen LogP contribution is -2.35. The van der Waals surface area contributed by atoms with Gasteiger partial charge in [0.05, 0.1) is 18.8 Å². The van der Waals surface area contributed by atoms with Crippen LogP contribution in [0.4, 0.5) is 0 Å². The highest BCUT2D eigenvalue weighted by Crippen LogP contribution is 2.43. The van der Waals surface area contributed by atoms with E-state index in [-0.39, 0.29) is 18.5 Å². The standard InChI is InChI=1S/C23H27NO5/c1-14-20(23(26)29-13-17-8-5-11-28-17)21(15-6-3-7-16(12-15)27-2)22-18(24-14)9-4-10-19(22)25/h3,6-7,12,17,21,24H,4-5,8-11,13H2,1-2H3. The molecule has 2 unspecified atom stereocenters. The van der Waals surface area contributed by atoms with Crippen LogP contribution in [0.25, 0.3) is 0 Å². The van der Waals surface area contributed by atoms with Gasteiger partial charge in [-0.05, 0) is 50.3 Å². The topological polar surface area (TPSA) is 73.9 Å². The van der Waals surface area contributed by atoms with Crippen LogP contribution in [0, 0.1) is 0 Å². The average Bonchev–Trinajstić information content (AvgIpc) is 3.25. The zero-order valence-electron chi connectivity index (χ0n) is 17.0. The lowest BCUT2D eigenvalue weighted by Gasteiger charge is -2.34. The van der Waals surface area contributed by atoms with Crippen molar-refractivity contribution in [2.45, 2.75) is 51.0 Å². The number of hydrogen-bond acceptors (Lipinski definition) is 6. The average molecular weight is 397 g/mol. The van der Waals surface area contributed by atoms with Crippen LogP contribution in [-0.2, 0) is 19.1 Å². The third-order valence-corrected chi connectivity index (χ3v) is 5.85. The maximum absolute atomic E-state index is 13.1. The normalized spacial score (nSPS) is 24.3. The first-order valence-corrected chi connectivity index (χ1v) is 10.2. The van der Waals surface area contributed by atoms with Crippen molar-refractivity contribution in [1.82, 2.24) is 5.32 Å². The quantitative estimate of drug-likeness (QED) is 0.768. The SMILES string of the molecule is COc1cccc(C2C(C(=O)OCC3CCCO3)=C(C)NC3=C2C(=O)CCC3)c1. The van der Waals surface area contributed by atoms with Crippen LogP contribution in [0.2, 0.25) is 0 Å². The van der Waals surface area contributed by atoms with Gasteiger partial charge in [-0.2, -0.15) is 0 Å². The lowest BCUT2D eigenvalue weighted by molar-refractivity contribution is -0.142. The van der Waals surface area contributed by atoms with Gasteiger partial charge in [0, 0.05) is 35.9 Å². The molecule has 2 aliphatic heterocycles. The van der Waals surface area contributed by atoms with Gasteiger partial charge in [0.15, 0.2) is 5.78 Å². The third-order valence-electron chi connectivity index (χ3n) is 5.85. The van der Waals surface area contributed by atoms with E-state index in [2.05, 4.69) is 5.32 Å². The highest BCUT2D eigenvalue weighted by atomic mass is 16.6. The molecule has 1 saturated heterocycles. The fourth-order valence-electron chi connectivity index (χ4n) is 4.43. The number of ether oxygens (including phenoxy) is 3. The summed E-state index contributed by atoms with van der Waals surface area (Å²) in [6.07, 6.45) is 3.97. The Morgan fingerprint density at radius 2 is 2.14 bits per heavy atom. The molecule has 1 aromatic carbocycles. The molecular weight excluding hydrogens is 370 g/mol. The number of nitrogens with one attached hydrogen (secondary N) is 1. The molecule has 0 saturated carbocycles. The van der Waals surface area contributed by atoms with E-state index in [4.69, 9.17) is 14.2 Å². The van der Waals surface area contributed by atoms with Gasteiger partial charge in [0.25, 0.3) is 0 Å². The summed E-state index contributed by atoms with van der Waals surface area (Å²) in [5, 5.41) is 3.31. The summed E-state index contributed by atoms with van der Waals surface area (Å²) < 4.78 is 16.6. The summed E-state index contributed by atoms with van der Waals surface area (Å²) >= 11 is 0. The molecule has 0 bridgehead atoms. The summed E-state index contributed by atoms with van der Waals surface area (Å²) in [5.74, 6) is -0.0750. The van der Waals surface area contributed by atoms with Gasteiger partial charge < -0.3 is 19.5 Å². The van der Waals surface area contributed by atoms with Gasteiger partial charge in [0.2, 0.25) is 0 Å². The fourth-order valence-corrected chi connectivity index (χ4v) is 4.43. The molecule has 0 radical (unpaired) electrons. The second-order valence-electron chi connectivity index (χ2n) is 7.78. The van der Waals surface area contributed by atoms with Crippen LogP contribution in [0.5, 0.6) is 5.75 Å². The fraction of sp³-hybridized carbons (Fsp3) is 0.478. The molecule has 1 N–H and O–H groups in total. The molecule has 2 atom stereocenters. The van der Waals surface area contributed by atoms with Crippen molar-refractivity contribution in [3.63, 3.8) is 0 Å². The van der Waals surface area contributed by atoms with Crippen molar-refractivity contribution in [1.29, 1.82) is 0 Å². The third kappa shape index (κ3) is 3.94. The van der Waals surface area contributed by atoms with Crippen LogP contribution >= 0.6 is 0 Å². The minimum atomic E-state index is -0.453. The Morgan fingerprint density at radius 1 is 1.28 bits per heavy atom. The number of carbonyl (C=O) groups excluding carboxylic acids is 2. The number of Topliss-reactive ketones (excluding diaryl/α,β-unsaturated/α-hetero) is 1. The molecule has 6 nitrogen and oxygen atoms in total. The smallest absolute Gasteiger partial charge is 0.336 e. The number of ketones is 1. The molecule has 29 heavy (non-hydrogen) atoms. The number of hydrogen-bond donors (Lipinski definition) is 1. The van der Waals surface area contributed by atoms with Gasteiger partial charge in [-0.15, -0.1) is 0 Å². The summed E-state index contributed by atoms with van der Waals surface area (Å²) in [7, 11) is 1.61. The molecule has 6 heteroatoms. The number of benzene rings is 1. The van der Waals surface area contributed by atoms with Gasteiger partial charge in [-0.3, -0.25) is 4.79 Å².